The molecule has 0 atom stereocenters. The van der Waals surface area contributed by atoms with Gasteiger partial charge in [0.25, 0.3) is 5.91 Å². The molecule has 5 nitrogen and oxygen atoms in total. The molecule has 1 amide bonds. The highest BCUT2D eigenvalue weighted by atomic mass is 19.4. The zero-order valence-electron chi connectivity index (χ0n) is 17.5. The molecule has 0 saturated carbocycles. The molecule has 1 aliphatic heterocycles. The number of nitrogens with zero attached hydrogens (tertiary/aromatic N) is 3. The summed E-state index contributed by atoms with van der Waals surface area (Å²) in [6, 6.07) is 15.1. The topological polar surface area (TPSA) is 45.7 Å². The van der Waals surface area contributed by atoms with Crippen molar-refractivity contribution in [3.8, 4) is 11.5 Å². The predicted octanol–water partition coefficient (Wildman–Crippen LogP) is 5.16. The summed E-state index contributed by atoms with van der Waals surface area (Å²) in [5, 5.41) is 0. The lowest BCUT2D eigenvalue weighted by molar-refractivity contribution is -0.137. The Hall–Kier alpha value is -3.55. The lowest BCUT2D eigenvalue weighted by atomic mass is 10.1. The second-order valence-corrected chi connectivity index (χ2v) is 7.59. The van der Waals surface area contributed by atoms with Gasteiger partial charge in [0.15, 0.2) is 0 Å². The average molecular weight is 441 g/mol. The minimum absolute atomic E-state index is 0.0623. The Morgan fingerprint density at radius 2 is 1.47 bits per heavy atom. The van der Waals surface area contributed by atoms with Crippen molar-refractivity contribution in [3.63, 3.8) is 0 Å². The first-order chi connectivity index (χ1) is 15.3. The van der Waals surface area contributed by atoms with Gasteiger partial charge < -0.3 is 14.5 Å². The molecular formula is C24H22F3N3O2. The van der Waals surface area contributed by atoms with Crippen LogP contribution in [0.4, 0.5) is 18.9 Å². The summed E-state index contributed by atoms with van der Waals surface area (Å²) in [4.78, 5) is 21.2. The number of halogens is 3. The number of pyridine rings is 1. The number of benzene rings is 2. The van der Waals surface area contributed by atoms with Gasteiger partial charge in [0.2, 0.25) is 0 Å². The SMILES string of the molecule is Cc1ccc(N2CCN(C(=O)c3ccc(Oc4ccc(C(F)(F)F)cc4)cc3)CC2)cn1. The number of ether oxygens (including phenoxy) is 1. The van der Waals surface area contributed by atoms with Gasteiger partial charge in [-0.3, -0.25) is 9.78 Å². The van der Waals surface area contributed by atoms with Crippen molar-refractivity contribution in [2.75, 3.05) is 31.1 Å². The fourth-order valence-corrected chi connectivity index (χ4v) is 3.51. The lowest BCUT2D eigenvalue weighted by Gasteiger charge is -2.36. The average Bonchev–Trinajstić information content (AvgIpc) is 2.80. The lowest BCUT2D eigenvalue weighted by Crippen LogP contribution is -2.48. The molecule has 1 saturated heterocycles. The molecule has 2 heterocycles. The Morgan fingerprint density at radius 3 is 2.00 bits per heavy atom. The first-order valence-electron chi connectivity index (χ1n) is 10.2. The van der Waals surface area contributed by atoms with Crippen molar-refractivity contribution < 1.29 is 22.7 Å². The summed E-state index contributed by atoms with van der Waals surface area (Å²) in [5.41, 5.74) is 1.82. The molecule has 0 unspecified atom stereocenters. The molecule has 1 aromatic heterocycles. The minimum Gasteiger partial charge on any atom is -0.457 e. The Kier molecular flexibility index (Phi) is 6.03. The highest BCUT2D eigenvalue weighted by Crippen LogP contribution is 2.31. The van der Waals surface area contributed by atoms with Gasteiger partial charge in [0.05, 0.1) is 17.4 Å². The third-order valence-corrected chi connectivity index (χ3v) is 5.35. The van der Waals surface area contributed by atoms with Crippen LogP contribution in [-0.4, -0.2) is 42.0 Å². The van der Waals surface area contributed by atoms with Crippen molar-refractivity contribution in [1.82, 2.24) is 9.88 Å². The Bertz CT molecular complexity index is 1060. The normalized spacial score (nSPS) is 14.4. The van der Waals surface area contributed by atoms with E-state index in [4.69, 9.17) is 4.74 Å². The first kappa shape index (κ1) is 21.7. The van der Waals surface area contributed by atoms with Crippen molar-refractivity contribution in [2.24, 2.45) is 0 Å². The molecule has 8 heteroatoms. The zero-order chi connectivity index (χ0) is 22.7. The summed E-state index contributed by atoms with van der Waals surface area (Å²) in [6.45, 7) is 4.62. The molecule has 4 rings (SSSR count). The van der Waals surface area contributed by atoms with E-state index in [1.165, 1.54) is 12.1 Å². The number of piperazine rings is 1. The maximum atomic E-state index is 12.8. The van der Waals surface area contributed by atoms with E-state index in [1.807, 2.05) is 30.2 Å². The van der Waals surface area contributed by atoms with Crippen LogP contribution in [0.5, 0.6) is 11.5 Å². The molecule has 0 radical (unpaired) electrons. The van der Waals surface area contributed by atoms with Gasteiger partial charge in [-0.05, 0) is 67.6 Å². The molecule has 3 aromatic rings. The van der Waals surface area contributed by atoms with E-state index in [-0.39, 0.29) is 5.91 Å². The largest absolute Gasteiger partial charge is 0.457 e. The van der Waals surface area contributed by atoms with Crippen LogP contribution in [0.25, 0.3) is 0 Å². The third-order valence-electron chi connectivity index (χ3n) is 5.35. The van der Waals surface area contributed by atoms with Crippen LogP contribution >= 0.6 is 0 Å². The van der Waals surface area contributed by atoms with E-state index < -0.39 is 11.7 Å². The molecule has 2 aromatic carbocycles. The number of anilines is 1. The summed E-state index contributed by atoms with van der Waals surface area (Å²) in [6.07, 6.45) is -2.54. The molecule has 32 heavy (non-hydrogen) atoms. The van der Waals surface area contributed by atoms with Crippen LogP contribution in [0.2, 0.25) is 0 Å². The third kappa shape index (κ3) is 5.01. The van der Waals surface area contributed by atoms with E-state index >= 15 is 0 Å². The molecule has 0 N–H and O–H groups in total. The van der Waals surface area contributed by atoms with Gasteiger partial charge in [-0.15, -0.1) is 0 Å². The maximum Gasteiger partial charge on any atom is 0.416 e. The van der Waals surface area contributed by atoms with Gasteiger partial charge in [0, 0.05) is 37.4 Å². The first-order valence-corrected chi connectivity index (χ1v) is 10.2. The van der Waals surface area contributed by atoms with E-state index in [0.717, 1.165) is 36.6 Å². The summed E-state index contributed by atoms with van der Waals surface area (Å²) in [7, 11) is 0. The number of alkyl halides is 3. The number of carbonyl (C=O) groups is 1. The standard InChI is InChI=1S/C24H22F3N3O2/c1-17-2-7-20(16-28-17)29-12-14-30(15-13-29)23(31)18-3-8-21(9-4-18)32-22-10-5-19(6-11-22)24(25,26)27/h2-11,16H,12-15H2,1H3. The Morgan fingerprint density at radius 1 is 0.875 bits per heavy atom. The second kappa shape index (κ2) is 8.90. The number of aromatic nitrogens is 1. The van der Waals surface area contributed by atoms with Gasteiger partial charge in [-0.25, -0.2) is 0 Å². The van der Waals surface area contributed by atoms with E-state index in [1.54, 1.807) is 24.3 Å². The van der Waals surface area contributed by atoms with Gasteiger partial charge in [-0.2, -0.15) is 13.2 Å². The number of carbonyl (C=O) groups excluding carboxylic acids is 1. The van der Waals surface area contributed by atoms with Crippen LogP contribution in [0, 0.1) is 6.92 Å². The fourth-order valence-electron chi connectivity index (χ4n) is 3.51. The van der Waals surface area contributed by atoms with Gasteiger partial charge >= 0.3 is 6.18 Å². The van der Waals surface area contributed by atoms with Crippen molar-refractivity contribution >= 4 is 11.6 Å². The van der Waals surface area contributed by atoms with Crippen LogP contribution in [-0.2, 0) is 6.18 Å². The van der Waals surface area contributed by atoms with Crippen molar-refractivity contribution in [3.05, 3.63) is 83.7 Å². The zero-order valence-corrected chi connectivity index (χ0v) is 17.5. The number of aryl methyl sites for hydroxylation is 1. The minimum atomic E-state index is -4.39. The molecule has 0 spiro atoms. The molecule has 1 fully saturated rings. The number of hydrogen-bond acceptors (Lipinski definition) is 4. The molecule has 166 valence electrons. The Labute approximate surface area is 184 Å². The van der Waals surface area contributed by atoms with Crippen LogP contribution in [0.3, 0.4) is 0 Å². The number of rotatable bonds is 4. The fraction of sp³-hybridized carbons (Fsp3) is 0.250. The Balaban J connectivity index is 1.34. The molecule has 1 aliphatic rings. The van der Waals surface area contributed by atoms with Gasteiger partial charge in [0.1, 0.15) is 11.5 Å². The molecule has 0 aliphatic carbocycles. The van der Waals surface area contributed by atoms with Crippen LogP contribution < -0.4 is 9.64 Å². The quantitative estimate of drug-likeness (QED) is 0.561. The van der Waals surface area contributed by atoms with Crippen LogP contribution in [0.1, 0.15) is 21.6 Å². The van der Waals surface area contributed by atoms with E-state index in [0.29, 0.717) is 30.2 Å². The monoisotopic (exact) mass is 441 g/mol. The number of amides is 1. The summed E-state index contributed by atoms with van der Waals surface area (Å²) in [5.74, 6) is 0.671. The highest BCUT2D eigenvalue weighted by Gasteiger charge is 2.30. The second-order valence-electron chi connectivity index (χ2n) is 7.59. The van der Waals surface area contributed by atoms with Crippen molar-refractivity contribution in [2.45, 2.75) is 13.1 Å². The van der Waals surface area contributed by atoms with E-state index in [2.05, 4.69) is 9.88 Å². The predicted molar refractivity (Wildman–Crippen MR) is 115 cm³/mol. The maximum absolute atomic E-state index is 12.8. The number of hydrogen-bond donors (Lipinski definition) is 0. The van der Waals surface area contributed by atoms with Crippen LogP contribution in [0.15, 0.2) is 66.9 Å². The van der Waals surface area contributed by atoms with Gasteiger partial charge in [-0.1, -0.05) is 0 Å². The highest BCUT2D eigenvalue weighted by molar-refractivity contribution is 5.94. The summed E-state index contributed by atoms with van der Waals surface area (Å²) < 4.78 is 43.6. The van der Waals surface area contributed by atoms with E-state index in [9.17, 15) is 18.0 Å². The molecular weight excluding hydrogens is 419 g/mol. The smallest absolute Gasteiger partial charge is 0.416 e. The molecule has 0 bridgehead atoms. The van der Waals surface area contributed by atoms with Crippen molar-refractivity contribution in [1.29, 1.82) is 0 Å². The summed E-state index contributed by atoms with van der Waals surface area (Å²) >= 11 is 0.